The lowest BCUT2D eigenvalue weighted by Gasteiger charge is -2.34. The van der Waals surface area contributed by atoms with Crippen LogP contribution in [0.3, 0.4) is 0 Å². The van der Waals surface area contributed by atoms with E-state index in [9.17, 15) is 9.59 Å². The molecule has 0 radical (unpaired) electrons. The molecule has 0 aromatic heterocycles. The SMILES string of the molecule is CCCNC1CCN(/C(=N/C(=O)OC(C)(C)C)NC(=O)OC(C)(C)C)CC1. The van der Waals surface area contributed by atoms with Gasteiger partial charge in [0.15, 0.2) is 0 Å². The third-order valence-electron chi connectivity index (χ3n) is 3.68. The van der Waals surface area contributed by atoms with E-state index in [0.717, 1.165) is 25.8 Å². The lowest BCUT2D eigenvalue weighted by atomic mass is 10.1. The lowest BCUT2D eigenvalue weighted by molar-refractivity contribution is 0.0553. The van der Waals surface area contributed by atoms with Crippen LogP contribution < -0.4 is 10.6 Å². The zero-order valence-corrected chi connectivity index (χ0v) is 17.8. The number of guanidine groups is 1. The molecule has 1 rings (SSSR count). The normalized spacial score (nSPS) is 16.9. The van der Waals surface area contributed by atoms with Crippen LogP contribution in [0.5, 0.6) is 0 Å². The summed E-state index contributed by atoms with van der Waals surface area (Å²) in [7, 11) is 0. The molecule has 0 spiro atoms. The largest absolute Gasteiger partial charge is 0.444 e. The van der Waals surface area contributed by atoms with Gasteiger partial charge in [0.25, 0.3) is 0 Å². The third-order valence-corrected chi connectivity index (χ3v) is 3.68. The molecule has 8 nitrogen and oxygen atoms in total. The molecule has 1 aliphatic heterocycles. The van der Waals surface area contributed by atoms with Crippen molar-refractivity contribution >= 4 is 18.1 Å². The molecule has 2 N–H and O–H groups in total. The van der Waals surface area contributed by atoms with Gasteiger partial charge in [-0.25, -0.2) is 9.59 Å². The number of aliphatic imine (C=N–C) groups is 1. The van der Waals surface area contributed by atoms with Gasteiger partial charge in [-0.3, -0.25) is 5.32 Å². The number of alkyl carbamates (subject to hydrolysis) is 1. The summed E-state index contributed by atoms with van der Waals surface area (Å²) in [6.07, 6.45) is 1.52. The summed E-state index contributed by atoms with van der Waals surface area (Å²) in [6, 6.07) is 0.436. The van der Waals surface area contributed by atoms with Crippen molar-refractivity contribution in [2.24, 2.45) is 4.99 Å². The van der Waals surface area contributed by atoms with Crippen molar-refractivity contribution in [3.63, 3.8) is 0 Å². The summed E-state index contributed by atoms with van der Waals surface area (Å²) < 4.78 is 10.6. The standard InChI is InChI=1S/C19H36N4O4/c1-8-11-20-14-9-12-23(13-10-14)15(21-16(24)26-18(2,3)4)22-17(25)27-19(5,6)7/h14,20H,8-13H2,1-7H3,(H,21,22,24,25). The average molecular weight is 385 g/mol. The predicted octanol–water partition coefficient (Wildman–Crippen LogP) is 3.27. The Bertz CT molecular complexity index is 527. The number of hydrogen-bond acceptors (Lipinski definition) is 5. The smallest absolute Gasteiger partial charge is 0.437 e. The van der Waals surface area contributed by atoms with Crippen molar-refractivity contribution in [2.45, 2.75) is 85.0 Å². The zero-order chi connectivity index (χ0) is 20.7. The van der Waals surface area contributed by atoms with Crippen molar-refractivity contribution in [1.29, 1.82) is 0 Å². The van der Waals surface area contributed by atoms with Crippen LogP contribution in [0, 0.1) is 0 Å². The quantitative estimate of drug-likeness (QED) is 0.573. The summed E-state index contributed by atoms with van der Waals surface area (Å²) in [5.41, 5.74) is -1.30. The van der Waals surface area contributed by atoms with Crippen molar-refractivity contribution in [1.82, 2.24) is 15.5 Å². The van der Waals surface area contributed by atoms with Crippen LogP contribution >= 0.6 is 0 Å². The van der Waals surface area contributed by atoms with Crippen LogP contribution in [-0.2, 0) is 9.47 Å². The van der Waals surface area contributed by atoms with Crippen molar-refractivity contribution in [3.05, 3.63) is 0 Å². The van der Waals surface area contributed by atoms with E-state index in [2.05, 4.69) is 22.5 Å². The minimum absolute atomic E-state index is 0.174. The molecule has 1 saturated heterocycles. The Morgan fingerprint density at radius 1 is 1.04 bits per heavy atom. The average Bonchev–Trinajstić information content (AvgIpc) is 2.49. The van der Waals surface area contributed by atoms with Gasteiger partial charge in [0.2, 0.25) is 5.96 Å². The van der Waals surface area contributed by atoms with Crippen molar-refractivity contribution in [3.8, 4) is 0 Å². The molecule has 0 unspecified atom stereocenters. The molecule has 156 valence electrons. The second-order valence-electron chi connectivity index (χ2n) is 8.76. The number of nitrogens with one attached hydrogen (secondary N) is 2. The fourth-order valence-corrected chi connectivity index (χ4v) is 2.59. The maximum atomic E-state index is 12.2. The minimum Gasteiger partial charge on any atom is -0.444 e. The first kappa shape index (κ1) is 23.2. The summed E-state index contributed by atoms with van der Waals surface area (Å²) in [6.45, 7) is 15.1. The molecular formula is C19H36N4O4. The third kappa shape index (κ3) is 10.2. The Hall–Kier alpha value is -1.83. The van der Waals surface area contributed by atoms with E-state index in [0.29, 0.717) is 19.1 Å². The number of hydrogen-bond donors (Lipinski definition) is 2. The van der Waals surface area contributed by atoms with Crippen LogP contribution in [0.1, 0.15) is 67.7 Å². The Balaban J connectivity index is 2.82. The van der Waals surface area contributed by atoms with Gasteiger partial charge in [0.1, 0.15) is 11.2 Å². The molecule has 0 aromatic carbocycles. The van der Waals surface area contributed by atoms with Gasteiger partial charge in [-0.2, -0.15) is 0 Å². The number of likely N-dealkylation sites (tertiary alicyclic amines) is 1. The molecule has 1 fully saturated rings. The van der Waals surface area contributed by atoms with Crippen LogP contribution in [0.2, 0.25) is 0 Å². The van der Waals surface area contributed by atoms with E-state index in [1.54, 1.807) is 41.5 Å². The lowest BCUT2D eigenvalue weighted by Crippen LogP contribution is -2.51. The van der Waals surface area contributed by atoms with E-state index in [4.69, 9.17) is 9.47 Å². The number of ether oxygens (including phenoxy) is 2. The van der Waals surface area contributed by atoms with E-state index < -0.39 is 23.4 Å². The molecule has 1 heterocycles. The molecule has 0 aromatic rings. The molecular weight excluding hydrogens is 348 g/mol. The highest BCUT2D eigenvalue weighted by atomic mass is 16.6. The Morgan fingerprint density at radius 3 is 2.07 bits per heavy atom. The van der Waals surface area contributed by atoms with Gasteiger partial charge >= 0.3 is 12.2 Å². The maximum absolute atomic E-state index is 12.2. The first-order chi connectivity index (χ1) is 12.4. The number of nitrogens with zero attached hydrogens (tertiary/aromatic N) is 2. The van der Waals surface area contributed by atoms with Crippen molar-refractivity contribution in [2.75, 3.05) is 19.6 Å². The van der Waals surface area contributed by atoms with Gasteiger partial charge < -0.3 is 19.7 Å². The Morgan fingerprint density at radius 2 is 1.59 bits per heavy atom. The van der Waals surface area contributed by atoms with Gasteiger partial charge in [-0.15, -0.1) is 4.99 Å². The molecule has 27 heavy (non-hydrogen) atoms. The first-order valence-corrected chi connectivity index (χ1v) is 9.69. The monoisotopic (exact) mass is 384 g/mol. The van der Waals surface area contributed by atoms with Crippen LogP contribution in [-0.4, -0.2) is 59.9 Å². The fraction of sp³-hybridized carbons (Fsp3) is 0.842. The summed E-state index contributed by atoms with van der Waals surface area (Å²) in [4.78, 5) is 30.2. The minimum atomic E-state index is -0.736. The molecule has 0 atom stereocenters. The molecule has 0 aliphatic carbocycles. The van der Waals surface area contributed by atoms with Gasteiger partial charge in [0.05, 0.1) is 0 Å². The molecule has 0 bridgehead atoms. The van der Waals surface area contributed by atoms with E-state index >= 15 is 0 Å². The number of piperidine rings is 1. The van der Waals surface area contributed by atoms with Crippen molar-refractivity contribution < 1.29 is 19.1 Å². The predicted molar refractivity (Wildman–Crippen MR) is 106 cm³/mol. The second kappa shape index (κ2) is 9.92. The van der Waals surface area contributed by atoms with E-state index in [1.165, 1.54) is 0 Å². The van der Waals surface area contributed by atoms with Crippen LogP contribution in [0.15, 0.2) is 4.99 Å². The van der Waals surface area contributed by atoms with E-state index in [1.807, 2.05) is 4.90 Å². The highest BCUT2D eigenvalue weighted by Crippen LogP contribution is 2.13. The van der Waals surface area contributed by atoms with Crippen LogP contribution in [0.25, 0.3) is 0 Å². The second-order valence-corrected chi connectivity index (χ2v) is 8.76. The Labute approximate surface area is 163 Å². The van der Waals surface area contributed by atoms with E-state index in [-0.39, 0.29) is 5.96 Å². The zero-order valence-electron chi connectivity index (χ0n) is 17.8. The van der Waals surface area contributed by atoms with Gasteiger partial charge in [-0.05, 0) is 67.3 Å². The molecule has 1 aliphatic rings. The molecule has 8 heteroatoms. The fourth-order valence-electron chi connectivity index (χ4n) is 2.59. The molecule has 0 saturated carbocycles. The summed E-state index contributed by atoms with van der Waals surface area (Å²) >= 11 is 0. The first-order valence-electron chi connectivity index (χ1n) is 9.69. The maximum Gasteiger partial charge on any atom is 0.437 e. The topological polar surface area (TPSA) is 92.3 Å². The molecule has 2 amide bonds. The number of amides is 2. The number of carbonyl (C=O) groups excluding carboxylic acids is 2. The van der Waals surface area contributed by atoms with Gasteiger partial charge in [-0.1, -0.05) is 6.92 Å². The Kier molecular flexibility index (Phi) is 8.53. The van der Waals surface area contributed by atoms with Crippen LogP contribution in [0.4, 0.5) is 9.59 Å². The number of rotatable bonds is 3. The summed E-state index contributed by atoms with van der Waals surface area (Å²) in [5.74, 6) is 0.174. The number of carbonyl (C=O) groups is 2. The van der Waals surface area contributed by atoms with Gasteiger partial charge in [0, 0.05) is 19.1 Å². The summed E-state index contributed by atoms with van der Waals surface area (Å²) in [5, 5.41) is 6.12. The highest BCUT2D eigenvalue weighted by molar-refractivity contribution is 5.98. The highest BCUT2D eigenvalue weighted by Gasteiger charge is 2.26.